The number of rotatable bonds is 3. The highest BCUT2D eigenvalue weighted by molar-refractivity contribution is 6.15. The molecule has 0 saturated carbocycles. The van der Waals surface area contributed by atoms with E-state index in [-0.39, 0.29) is 5.57 Å². The van der Waals surface area contributed by atoms with Crippen molar-refractivity contribution in [1.29, 1.82) is 0 Å². The Balaban J connectivity index is 4.48. The number of hydrogen-bond acceptors (Lipinski definition) is 3. The van der Waals surface area contributed by atoms with Crippen LogP contribution in [0.25, 0.3) is 0 Å². The van der Waals surface area contributed by atoms with Gasteiger partial charge in [0.2, 0.25) is 0 Å². The Hall–Kier alpha value is -1.29. The van der Waals surface area contributed by atoms with Crippen molar-refractivity contribution in [1.82, 2.24) is 0 Å². The summed E-state index contributed by atoms with van der Waals surface area (Å²) in [5.41, 5.74) is -0.268. The topological polar surface area (TPSA) is 63.6 Å². The molecule has 0 aromatic carbocycles. The van der Waals surface area contributed by atoms with Crippen LogP contribution in [-0.4, -0.2) is 17.0 Å². The van der Waals surface area contributed by atoms with Crippen LogP contribution in [-0.2, 0) is 13.9 Å². The number of carboxylic acid groups (broad SMARTS) is 1. The van der Waals surface area contributed by atoms with E-state index in [0.717, 1.165) is 12.2 Å². The monoisotopic (exact) mass is 176 g/mol. The number of carboxylic acids is 1. The van der Waals surface area contributed by atoms with E-state index in [1.807, 2.05) is 0 Å². The molecule has 0 aliphatic carbocycles. The molecule has 0 rings (SSSR count). The van der Waals surface area contributed by atoms with Crippen LogP contribution in [0.5, 0.6) is 0 Å². The van der Waals surface area contributed by atoms with Gasteiger partial charge in [0.05, 0.1) is 5.57 Å². The second-order valence-electron chi connectivity index (χ2n) is 1.51. The highest BCUT2D eigenvalue weighted by atomic mass is 35.5. The molecule has 5 heteroatoms. The Morgan fingerprint density at radius 3 is 2.36 bits per heavy atom. The number of halogens is 1. The van der Waals surface area contributed by atoms with Crippen molar-refractivity contribution in [2.24, 2.45) is 0 Å². The molecule has 0 saturated heterocycles. The predicted octanol–water partition coefficient (Wildman–Crippen LogP) is 0.880. The number of aliphatic carboxylic acids is 1. The minimum absolute atomic E-state index is 0.268. The molecule has 60 valence electrons. The van der Waals surface area contributed by atoms with Gasteiger partial charge in [0.15, 0.2) is 0 Å². The van der Waals surface area contributed by atoms with E-state index in [2.05, 4.69) is 22.7 Å². The first-order valence-corrected chi connectivity index (χ1v) is 2.82. The van der Waals surface area contributed by atoms with Crippen LogP contribution in [0.4, 0.5) is 0 Å². The number of carbonyl (C=O) groups is 2. The molecule has 0 aliphatic rings. The molecule has 0 bridgehead atoms. The molecule has 0 aliphatic heterocycles. The smallest absolute Gasteiger partial charge is 0.349 e. The minimum atomic E-state index is -1.26. The molecule has 0 spiro atoms. The average molecular weight is 177 g/mol. The van der Waals surface area contributed by atoms with Gasteiger partial charge in [-0.3, -0.25) is 0 Å². The summed E-state index contributed by atoms with van der Waals surface area (Å²) in [7, 11) is 0. The van der Waals surface area contributed by atoms with Crippen molar-refractivity contribution in [3.8, 4) is 0 Å². The molecule has 0 radical (unpaired) electrons. The van der Waals surface area contributed by atoms with Gasteiger partial charge in [0.1, 0.15) is 11.9 Å². The summed E-state index contributed by atoms with van der Waals surface area (Å²) in [5.74, 6) is -2.20. The van der Waals surface area contributed by atoms with E-state index < -0.39 is 11.9 Å². The predicted molar refractivity (Wildman–Crippen MR) is 37.9 cm³/mol. The summed E-state index contributed by atoms with van der Waals surface area (Å²) in [6.07, 6.45) is 1.73. The molecule has 0 atom stereocenters. The Morgan fingerprint density at radius 1 is 1.55 bits per heavy atom. The second-order valence-corrected chi connectivity index (χ2v) is 1.66. The lowest BCUT2D eigenvalue weighted by Gasteiger charge is -1.90. The van der Waals surface area contributed by atoms with Gasteiger partial charge < -0.3 is 9.40 Å². The van der Waals surface area contributed by atoms with Gasteiger partial charge in [0.25, 0.3) is 0 Å². The lowest BCUT2D eigenvalue weighted by atomic mass is 10.2. The highest BCUT2D eigenvalue weighted by Crippen LogP contribution is 1.97. The molecule has 0 heterocycles. The van der Waals surface area contributed by atoms with Gasteiger partial charge in [-0.1, -0.05) is 12.7 Å². The van der Waals surface area contributed by atoms with Crippen molar-refractivity contribution in [3.05, 3.63) is 24.3 Å². The largest absolute Gasteiger partial charge is 0.478 e. The molecule has 0 aromatic heterocycles. The zero-order valence-corrected chi connectivity index (χ0v) is 6.17. The summed E-state index contributed by atoms with van der Waals surface area (Å²) in [6, 6.07) is 0. The standard InChI is InChI=1S/C6H5ClO4/c1-2-4(6(9)10)3-5(8)11-7/h2-3H,1H2,(H,9,10)/b4-3-. The van der Waals surface area contributed by atoms with Crippen molar-refractivity contribution in [2.75, 3.05) is 0 Å². The minimum Gasteiger partial charge on any atom is -0.478 e. The van der Waals surface area contributed by atoms with E-state index >= 15 is 0 Å². The van der Waals surface area contributed by atoms with Crippen LogP contribution < -0.4 is 0 Å². The number of carbonyl (C=O) groups excluding carboxylic acids is 1. The Bertz CT molecular complexity index is 219. The maximum atomic E-state index is 10.3. The third-order valence-corrected chi connectivity index (χ3v) is 0.968. The van der Waals surface area contributed by atoms with E-state index in [4.69, 9.17) is 5.11 Å². The lowest BCUT2D eigenvalue weighted by molar-refractivity contribution is -0.133. The van der Waals surface area contributed by atoms with Gasteiger partial charge in [-0.25, -0.2) is 9.59 Å². The maximum absolute atomic E-state index is 10.3. The van der Waals surface area contributed by atoms with Crippen molar-refractivity contribution in [2.45, 2.75) is 0 Å². The summed E-state index contributed by atoms with van der Waals surface area (Å²) in [5, 5.41) is 8.33. The van der Waals surface area contributed by atoms with Crippen LogP contribution in [0.1, 0.15) is 0 Å². The number of hydrogen-bond donors (Lipinski definition) is 1. The lowest BCUT2D eigenvalue weighted by Crippen LogP contribution is -2.01. The summed E-state index contributed by atoms with van der Waals surface area (Å²) in [4.78, 5) is 20.5. The van der Waals surface area contributed by atoms with Gasteiger partial charge in [-0.2, -0.15) is 0 Å². The highest BCUT2D eigenvalue weighted by Gasteiger charge is 2.05. The van der Waals surface area contributed by atoms with Gasteiger partial charge in [0, 0.05) is 6.08 Å². The first-order chi connectivity index (χ1) is 5.11. The fourth-order valence-electron chi connectivity index (χ4n) is 0.357. The first-order valence-electron chi connectivity index (χ1n) is 2.51. The molecule has 0 aromatic rings. The van der Waals surface area contributed by atoms with Crippen molar-refractivity contribution >= 4 is 23.8 Å². The average Bonchev–Trinajstić information content (AvgIpc) is 1.99. The maximum Gasteiger partial charge on any atom is 0.349 e. The molecule has 1 N–H and O–H groups in total. The molecule has 0 amide bonds. The van der Waals surface area contributed by atoms with E-state index in [1.165, 1.54) is 0 Å². The van der Waals surface area contributed by atoms with Crippen LogP contribution in [0, 0.1) is 0 Å². The van der Waals surface area contributed by atoms with E-state index in [0.29, 0.717) is 0 Å². The zero-order chi connectivity index (χ0) is 8.85. The molecular weight excluding hydrogens is 172 g/mol. The Labute approximate surface area is 67.9 Å². The van der Waals surface area contributed by atoms with Crippen LogP contribution >= 0.6 is 11.9 Å². The molecule has 0 fully saturated rings. The van der Waals surface area contributed by atoms with E-state index in [1.54, 1.807) is 0 Å². The SMILES string of the molecule is C=C/C(=C/C(=O)OCl)C(=O)O. The van der Waals surface area contributed by atoms with Crippen LogP contribution in [0.15, 0.2) is 24.3 Å². The summed E-state index contributed by atoms with van der Waals surface area (Å²) >= 11 is 4.64. The summed E-state index contributed by atoms with van der Waals surface area (Å²) in [6.45, 7) is 3.17. The third-order valence-electron chi connectivity index (χ3n) is 0.816. The quantitative estimate of drug-likeness (QED) is 0.512. The molecule has 0 unspecified atom stereocenters. The zero-order valence-electron chi connectivity index (χ0n) is 5.41. The van der Waals surface area contributed by atoms with Crippen LogP contribution in [0.2, 0.25) is 0 Å². The van der Waals surface area contributed by atoms with E-state index in [9.17, 15) is 9.59 Å². The fourth-order valence-corrected chi connectivity index (χ4v) is 0.402. The van der Waals surface area contributed by atoms with Crippen LogP contribution in [0.3, 0.4) is 0 Å². The van der Waals surface area contributed by atoms with Gasteiger partial charge in [-0.05, 0) is 0 Å². The Kier molecular flexibility index (Phi) is 3.98. The second kappa shape index (κ2) is 4.51. The first kappa shape index (κ1) is 9.71. The Morgan fingerprint density at radius 2 is 2.09 bits per heavy atom. The van der Waals surface area contributed by atoms with Crippen molar-refractivity contribution in [3.63, 3.8) is 0 Å². The summed E-state index contributed by atoms with van der Waals surface area (Å²) < 4.78 is 3.68. The van der Waals surface area contributed by atoms with Gasteiger partial charge in [-0.15, -0.1) is 0 Å². The van der Waals surface area contributed by atoms with Gasteiger partial charge >= 0.3 is 11.9 Å². The fraction of sp³-hybridized carbons (Fsp3) is 0. The van der Waals surface area contributed by atoms with Crippen molar-refractivity contribution < 1.29 is 19.0 Å². The molecule has 11 heavy (non-hydrogen) atoms. The molecule has 4 nitrogen and oxygen atoms in total. The molecular formula is C6H5ClO4. The normalized spacial score (nSPS) is 10.5. The third kappa shape index (κ3) is 3.42.